The van der Waals surface area contributed by atoms with Gasteiger partial charge in [-0.05, 0) is 37.1 Å². The number of benzene rings is 1. The summed E-state index contributed by atoms with van der Waals surface area (Å²) in [4.78, 5) is 23.8. The Labute approximate surface area is 151 Å². The highest BCUT2D eigenvalue weighted by Gasteiger charge is 2.22. The van der Waals surface area contributed by atoms with Gasteiger partial charge in [-0.2, -0.15) is 0 Å². The van der Waals surface area contributed by atoms with E-state index in [0.717, 1.165) is 29.4 Å². The van der Waals surface area contributed by atoms with E-state index in [4.69, 9.17) is 4.74 Å². The molecule has 1 aromatic rings. The summed E-state index contributed by atoms with van der Waals surface area (Å²) >= 11 is 3.38. The van der Waals surface area contributed by atoms with Gasteiger partial charge in [0.25, 0.3) is 0 Å². The number of hydrogen-bond donors (Lipinski definition) is 2. The average Bonchev–Trinajstić information content (AvgIpc) is 3.00. The number of hydrogen-bond acceptors (Lipinski definition) is 4. The van der Waals surface area contributed by atoms with E-state index in [-0.39, 0.29) is 42.8 Å². The molecule has 23 heavy (non-hydrogen) atoms. The molecule has 1 heterocycles. The smallest absolute Gasteiger partial charge is 0.307 e. The van der Waals surface area contributed by atoms with Gasteiger partial charge in [0.2, 0.25) is 5.91 Å². The Hall–Kier alpha value is -1.11. The first-order valence-electron chi connectivity index (χ1n) is 7.43. The van der Waals surface area contributed by atoms with Crippen molar-refractivity contribution in [2.24, 2.45) is 0 Å². The first-order chi connectivity index (χ1) is 10.6. The van der Waals surface area contributed by atoms with E-state index in [1.165, 1.54) is 7.11 Å². The summed E-state index contributed by atoms with van der Waals surface area (Å²) < 4.78 is 5.68. The summed E-state index contributed by atoms with van der Waals surface area (Å²) in [6.45, 7) is 0.969. The second-order valence-electron chi connectivity index (χ2n) is 5.45. The molecule has 2 atom stereocenters. The third kappa shape index (κ3) is 6.49. The van der Waals surface area contributed by atoms with E-state index < -0.39 is 0 Å². The summed E-state index contributed by atoms with van der Waals surface area (Å²) in [7, 11) is 1.35. The number of methoxy groups -OCH3 is 1. The molecule has 0 spiro atoms. The van der Waals surface area contributed by atoms with E-state index in [9.17, 15) is 9.59 Å². The van der Waals surface area contributed by atoms with Crippen LogP contribution in [0.25, 0.3) is 0 Å². The first kappa shape index (κ1) is 19.9. The highest BCUT2D eigenvalue weighted by molar-refractivity contribution is 9.10. The zero-order valence-corrected chi connectivity index (χ0v) is 15.4. The molecule has 1 amide bonds. The van der Waals surface area contributed by atoms with Crippen LogP contribution in [0.4, 0.5) is 0 Å². The van der Waals surface area contributed by atoms with Crippen LogP contribution in [0.5, 0.6) is 0 Å². The molecule has 1 saturated heterocycles. The van der Waals surface area contributed by atoms with Gasteiger partial charge in [-0.15, -0.1) is 12.4 Å². The number of amides is 1. The molecular weight excluding hydrogens is 384 g/mol. The zero-order chi connectivity index (χ0) is 15.9. The van der Waals surface area contributed by atoms with E-state index in [1.807, 2.05) is 24.3 Å². The van der Waals surface area contributed by atoms with Crippen molar-refractivity contribution in [2.45, 2.75) is 37.8 Å². The molecule has 7 heteroatoms. The van der Waals surface area contributed by atoms with Gasteiger partial charge >= 0.3 is 5.97 Å². The van der Waals surface area contributed by atoms with Crippen LogP contribution in [0, 0.1) is 0 Å². The van der Waals surface area contributed by atoms with E-state index in [2.05, 4.69) is 26.6 Å². The van der Waals surface area contributed by atoms with Crippen molar-refractivity contribution in [1.29, 1.82) is 0 Å². The molecule has 1 aliphatic heterocycles. The lowest BCUT2D eigenvalue weighted by molar-refractivity contribution is -0.141. The van der Waals surface area contributed by atoms with Gasteiger partial charge in [0.1, 0.15) is 0 Å². The minimum absolute atomic E-state index is 0. The maximum Gasteiger partial charge on any atom is 0.307 e. The predicted molar refractivity (Wildman–Crippen MR) is 94.5 cm³/mol. The molecule has 2 rings (SSSR count). The molecule has 5 nitrogen and oxygen atoms in total. The molecule has 0 aliphatic carbocycles. The largest absolute Gasteiger partial charge is 0.469 e. The normalized spacial score (nSPS) is 17.9. The third-order valence-corrected chi connectivity index (χ3v) is 4.33. The van der Waals surface area contributed by atoms with Gasteiger partial charge in [0, 0.05) is 16.9 Å². The minimum Gasteiger partial charge on any atom is -0.469 e. The lowest BCUT2D eigenvalue weighted by Gasteiger charge is -2.19. The van der Waals surface area contributed by atoms with Crippen LogP contribution in [-0.4, -0.2) is 31.6 Å². The monoisotopic (exact) mass is 404 g/mol. The number of carbonyl (C=O) groups is 2. The van der Waals surface area contributed by atoms with Gasteiger partial charge < -0.3 is 15.4 Å². The van der Waals surface area contributed by atoms with Crippen molar-refractivity contribution in [3.05, 3.63) is 34.3 Å². The number of ether oxygens (including phenoxy) is 1. The molecule has 0 saturated carbocycles. The topological polar surface area (TPSA) is 67.4 Å². The van der Waals surface area contributed by atoms with Gasteiger partial charge in [-0.3, -0.25) is 9.59 Å². The van der Waals surface area contributed by atoms with Gasteiger partial charge in [-0.25, -0.2) is 0 Å². The lowest BCUT2D eigenvalue weighted by atomic mass is 10.0. The highest BCUT2D eigenvalue weighted by atomic mass is 79.9. The van der Waals surface area contributed by atoms with Crippen molar-refractivity contribution in [3.8, 4) is 0 Å². The lowest BCUT2D eigenvalue weighted by Crippen LogP contribution is -2.35. The Kier molecular flexibility index (Phi) is 8.58. The quantitative estimate of drug-likeness (QED) is 0.714. The zero-order valence-electron chi connectivity index (χ0n) is 13.0. The standard InChI is InChI=1S/C16H21BrN2O3.ClH/c1-22-16(21)10-14(11-4-6-12(17)7-5-11)19-15(20)9-13-3-2-8-18-13;/h4-7,13-14,18H,2-3,8-10H2,1H3,(H,19,20);1H. The van der Waals surface area contributed by atoms with Crippen LogP contribution < -0.4 is 10.6 Å². The molecule has 0 aromatic heterocycles. The molecule has 128 valence electrons. The Balaban J connectivity index is 0.00000264. The van der Waals surface area contributed by atoms with Gasteiger partial charge in [-0.1, -0.05) is 28.1 Å². The second kappa shape index (κ2) is 9.90. The minimum atomic E-state index is -0.366. The van der Waals surface area contributed by atoms with E-state index in [0.29, 0.717) is 6.42 Å². The summed E-state index contributed by atoms with van der Waals surface area (Å²) in [5.74, 6) is -0.386. The number of halogens is 2. The summed E-state index contributed by atoms with van der Waals surface area (Å²) in [5.41, 5.74) is 0.890. The van der Waals surface area contributed by atoms with Crippen LogP contribution in [0.1, 0.15) is 37.3 Å². The number of rotatable bonds is 6. The third-order valence-electron chi connectivity index (χ3n) is 3.80. The van der Waals surface area contributed by atoms with Crippen molar-refractivity contribution >= 4 is 40.2 Å². The number of carbonyl (C=O) groups excluding carboxylic acids is 2. The maximum absolute atomic E-state index is 12.2. The van der Waals surface area contributed by atoms with Crippen LogP contribution >= 0.6 is 28.3 Å². The molecular formula is C16H22BrClN2O3. The summed E-state index contributed by atoms with van der Waals surface area (Å²) in [5, 5.41) is 6.25. The predicted octanol–water partition coefficient (Wildman–Crippen LogP) is 2.73. The number of nitrogens with one attached hydrogen (secondary N) is 2. The SMILES string of the molecule is COC(=O)CC(NC(=O)CC1CCCN1)c1ccc(Br)cc1.Cl. The summed E-state index contributed by atoms with van der Waals surface area (Å²) in [6.07, 6.45) is 2.69. The Morgan fingerprint density at radius 1 is 1.39 bits per heavy atom. The molecule has 1 aromatic carbocycles. The van der Waals surface area contributed by atoms with Crippen LogP contribution in [-0.2, 0) is 14.3 Å². The Bertz CT molecular complexity index is 519. The second-order valence-corrected chi connectivity index (χ2v) is 6.36. The van der Waals surface area contributed by atoms with E-state index in [1.54, 1.807) is 0 Å². The van der Waals surface area contributed by atoms with Crippen molar-refractivity contribution in [3.63, 3.8) is 0 Å². The van der Waals surface area contributed by atoms with Crippen molar-refractivity contribution in [1.82, 2.24) is 10.6 Å². The van der Waals surface area contributed by atoms with Crippen LogP contribution in [0.2, 0.25) is 0 Å². The van der Waals surface area contributed by atoms with E-state index >= 15 is 0 Å². The van der Waals surface area contributed by atoms with Gasteiger partial charge in [0.05, 0.1) is 19.6 Å². The highest BCUT2D eigenvalue weighted by Crippen LogP contribution is 2.21. The molecule has 2 unspecified atom stereocenters. The molecule has 1 fully saturated rings. The first-order valence-corrected chi connectivity index (χ1v) is 8.23. The molecule has 2 N–H and O–H groups in total. The Morgan fingerprint density at radius 3 is 2.65 bits per heavy atom. The fourth-order valence-electron chi connectivity index (χ4n) is 2.61. The fourth-order valence-corrected chi connectivity index (χ4v) is 2.87. The maximum atomic E-state index is 12.2. The molecule has 1 aliphatic rings. The fraction of sp³-hybridized carbons (Fsp3) is 0.500. The molecule has 0 bridgehead atoms. The Morgan fingerprint density at radius 2 is 2.09 bits per heavy atom. The number of esters is 1. The van der Waals surface area contributed by atoms with Crippen molar-refractivity contribution in [2.75, 3.05) is 13.7 Å². The average molecular weight is 406 g/mol. The van der Waals surface area contributed by atoms with Crippen LogP contribution in [0.15, 0.2) is 28.7 Å². The van der Waals surface area contributed by atoms with Gasteiger partial charge in [0.15, 0.2) is 0 Å². The van der Waals surface area contributed by atoms with Crippen molar-refractivity contribution < 1.29 is 14.3 Å². The van der Waals surface area contributed by atoms with Crippen LogP contribution in [0.3, 0.4) is 0 Å². The summed E-state index contributed by atoms with van der Waals surface area (Å²) in [6, 6.07) is 7.45. The molecule has 0 radical (unpaired) electrons.